The first-order chi connectivity index (χ1) is 7.45. The summed E-state index contributed by atoms with van der Waals surface area (Å²) in [5.74, 6) is -1.67. The van der Waals surface area contributed by atoms with Crippen molar-refractivity contribution in [3.05, 3.63) is 0 Å². The number of carboxylic acid groups (broad SMARTS) is 2. The summed E-state index contributed by atoms with van der Waals surface area (Å²) in [6.45, 7) is 2.47. The highest BCUT2D eigenvalue weighted by atomic mass is 16.4. The largest absolute Gasteiger partial charge is 0.481 e. The van der Waals surface area contributed by atoms with Crippen molar-refractivity contribution in [1.29, 1.82) is 0 Å². The van der Waals surface area contributed by atoms with Gasteiger partial charge in [-0.05, 0) is 19.4 Å². The molecule has 0 aliphatic heterocycles. The van der Waals surface area contributed by atoms with E-state index in [-0.39, 0.29) is 6.42 Å². The minimum Gasteiger partial charge on any atom is -0.481 e. The molecule has 0 amide bonds. The zero-order valence-corrected chi connectivity index (χ0v) is 9.69. The van der Waals surface area contributed by atoms with E-state index in [1.165, 1.54) is 0 Å². The summed E-state index contributed by atoms with van der Waals surface area (Å²) in [5.41, 5.74) is 10.2. The third-order valence-corrected chi connectivity index (χ3v) is 1.78. The molecule has 6 heteroatoms. The van der Waals surface area contributed by atoms with Crippen molar-refractivity contribution in [1.82, 2.24) is 0 Å². The van der Waals surface area contributed by atoms with Crippen LogP contribution in [0.1, 0.15) is 39.0 Å². The lowest BCUT2D eigenvalue weighted by atomic mass is 10.1. The van der Waals surface area contributed by atoms with Crippen LogP contribution in [0, 0.1) is 0 Å². The molecule has 0 aromatic rings. The smallest absolute Gasteiger partial charge is 0.320 e. The lowest BCUT2D eigenvalue weighted by Crippen LogP contribution is -2.29. The normalized spacial score (nSPS) is 11.2. The van der Waals surface area contributed by atoms with Crippen LogP contribution in [0.2, 0.25) is 0 Å². The maximum atomic E-state index is 10.1. The minimum atomic E-state index is -0.900. The fourth-order valence-electron chi connectivity index (χ4n) is 0.801. The number of unbranched alkanes of at least 4 members (excludes halogenated alkanes) is 1. The fraction of sp³-hybridized carbons (Fsp3) is 0.800. The first-order valence-corrected chi connectivity index (χ1v) is 5.35. The average Bonchev–Trinajstić information content (AvgIpc) is 2.23. The summed E-state index contributed by atoms with van der Waals surface area (Å²) in [5, 5.41) is 16.3. The fourth-order valence-corrected chi connectivity index (χ4v) is 0.801. The predicted molar refractivity (Wildman–Crippen MR) is 61.1 cm³/mol. The van der Waals surface area contributed by atoms with Gasteiger partial charge in [-0.1, -0.05) is 19.8 Å². The van der Waals surface area contributed by atoms with Crippen LogP contribution in [0.25, 0.3) is 0 Å². The molecular weight excluding hydrogens is 212 g/mol. The van der Waals surface area contributed by atoms with Gasteiger partial charge in [0.05, 0.1) is 0 Å². The van der Waals surface area contributed by atoms with Crippen molar-refractivity contribution >= 4 is 11.9 Å². The highest BCUT2D eigenvalue weighted by Gasteiger charge is 2.08. The number of nitrogens with two attached hydrogens (primary N) is 2. The molecule has 0 aliphatic carbocycles. The minimum absolute atomic E-state index is 0.191. The molecule has 6 N–H and O–H groups in total. The zero-order valence-electron chi connectivity index (χ0n) is 9.69. The van der Waals surface area contributed by atoms with Crippen LogP contribution < -0.4 is 11.5 Å². The van der Waals surface area contributed by atoms with Crippen LogP contribution in [0.15, 0.2) is 0 Å². The van der Waals surface area contributed by atoms with Crippen LogP contribution in [0.3, 0.4) is 0 Å². The van der Waals surface area contributed by atoms with Gasteiger partial charge in [-0.3, -0.25) is 9.59 Å². The molecule has 0 radical (unpaired) electrons. The van der Waals surface area contributed by atoms with Crippen molar-refractivity contribution in [2.75, 3.05) is 6.54 Å². The Morgan fingerprint density at radius 3 is 2.06 bits per heavy atom. The topological polar surface area (TPSA) is 127 Å². The summed E-state index contributed by atoms with van der Waals surface area (Å²) in [6.07, 6.45) is 3.26. The molecule has 0 aliphatic rings. The van der Waals surface area contributed by atoms with Gasteiger partial charge in [-0.2, -0.15) is 0 Å². The van der Waals surface area contributed by atoms with Crippen LogP contribution in [-0.2, 0) is 9.59 Å². The van der Waals surface area contributed by atoms with Gasteiger partial charge in [-0.25, -0.2) is 0 Å². The molecule has 1 atom stereocenters. The molecule has 0 heterocycles. The molecule has 0 aromatic carbocycles. The highest BCUT2D eigenvalue weighted by Crippen LogP contribution is 1.96. The van der Waals surface area contributed by atoms with Gasteiger partial charge >= 0.3 is 11.9 Å². The van der Waals surface area contributed by atoms with E-state index in [1.807, 2.05) is 6.92 Å². The summed E-state index contributed by atoms with van der Waals surface area (Å²) >= 11 is 0. The molecular formula is C10H22N2O4. The Kier molecular flexibility index (Phi) is 12.9. The van der Waals surface area contributed by atoms with Crippen LogP contribution >= 0.6 is 0 Å². The Labute approximate surface area is 95.6 Å². The predicted octanol–water partition coefficient (Wildman–Crippen LogP) is 0.398. The average molecular weight is 234 g/mol. The molecule has 96 valence electrons. The van der Waals surface area contributed by atoms with E-state index >= 15 is 0 Å². The Hall–Kier alpha value is -1.14. The zero-order chi connectivity index (χ0) is 13.0. The Bertz CT molecular complexity index is 197. The SMILES string of the molecule is CCCC[C@H](N)C(=O)O.NCCCC(=O)O. The Balaban J connectivity index is 0. The molecule has 0 saturated heterocycles. The first-order valence-electron chi connectivity index (χ1n) is 5.35. The third kappa shape index (κ3) is 15.3. The van der Waals surface area contributed by atoms with Gasteiger partial charge in [0.2, 0.25) is 0 Å². The molecule has 0 rings (SSSR count). The number of aliphatic carboxylic acids is 2. The van der Waals surface area contributed by atoms with E-state index in [4.69, 9.17) is 21.7 Å². The Morgan fingerprint density at radius 1 is 1.25 bits per heavy atom. The lowest BCUT2D eigenvalue weighted by Gasteiger charge is -2.02. The second kappa shape index (κ2) is 11.9. The van der Waals surface area contributed by atoms with Crippen LogP contribution in [0.5, 0.6) is 0 Å². The molecule has 0 unspecified atom stereocenters. The number of carboxylic acids is 2. The number of hydrogen-bond donors (Lipinski definition) is 4. The molecule has 0 fully saturated rings. The second-order valence-electron chi connectivity index (χ2n) is 3.37. The molecule has 0 saturated carbocycles. The van der Waals surface area contributed by atoms with E-state index in [9.17, 15) is 9.59 Å². The molecule has 6 nitrogen and oxygen atoms in total. The van der Waals surface area contributed by atoms with Crippen molar-refractivity contribution in [3.8, 4) is 0 Å². The van der Waals surface area contributed by atoms with E-state index < -0.39 is 18.0 Å². The van der Waals surface area contributed by atoms with Crippen molar-refractivity contribution < 1.29 is 19.8 Å². The van der Waals surface area contributed by atoms with E-state index in [2.05, 4.69) is 0 Å². The molecule has 0 aromatic heterocycles. The summed E-state index contributed by atoms with van der Waals surface area (Å²) in [7, 11) is 0. The lowest BCUT2D eigenvalue weighted by molar-refractivity contribution is -0.139. The standard InChI is InChI=1S/C6H13NO2.C4H9NO2/c1-2-3-4-5(7)6(8)9;5-3-1-2-4(6)7/h5H,2-4,7H2,1H3,(H,8,9);1-3,5H2,(H,6,7)/t5-;/m0./s1. The van der Waals surface area contributed by atoms with Gasteiger partial charge < -0.3 is 21.7 Å². The monoisotopic (exact) mass is 234 g/mol. The van der Waals surface area contributed by atoms with Crippen molar-refractivity contribution in [2.45, 2.75) is 45.1 Å². The molecule has 16 heavy (non-hydrogen) atoms. The number of carbonyl (C=O) groups is 2. The van der Waals surface area contributed by atoms with Gasteiger partial charge in [0.25, 0.3) is 0 Å². The van der Waals surface area contributed by atoms with Gasteiger partial charge in [0.1, 0.15) is 6.04 Å². The van der Waals surface area contributed by atoms with Crippen molar-refractivity contribution in [3.63, 3.8) is 0 Å². The molecule has 0 bridgehead atoms. The summed E-state index contributed by atoms with van der Waals surface area (Å²) < 4.78 is 0. The summed E-state index contributed by atoms with van der Waals surface area (Å²) in [4.78, 5) is 19.8. The van der Waals surface area contributed by atoms with Gasteiger partial charge in [0.15, 0.2) is 0 Å². The van der Waals surface area contributed by atoms with Gasteiger partial charge in [0, 0.05) is 6.42 Å². The maximum absolute atomic E-state index is 10.1. The summed E-state index contributed by atoms with van der Waals surface area (Å²) in [6, 6.07) is -0.662. The quantitative estimate of drug-likeness (QED) is 0.505. The van der Waals surface area contributed by atoms with Crippen LogP contribution in [0.4, 0.5) is 0 Å². The van der Waals surface area contributed by atoms with E-state index in [0.29, 0.717) is 19.4 Å². The van der Waals surface area contributed by atoms with Crippen molar-refractivity contribution in [2.24, 2.45) is 11.5 Å². The highest BCUT2D eigenvalue weighted by molar-refractivity contribution is 5.72. The molecule has 0 spiro atoms. The van der Waals surface area contributed by atoms with E-state index in [0.717, 1.165) is 12.8 Å². The maximum Gasteiger partial charge on any atom is 0.320 e. The first kappa shape index (κ1) is 17.3. The van der Waals surface area contributed by atoms with Gasteiger partial charge in [-0.15, -0.1) is 0 Å². The number of hydrogen-bond acceptors (Lipinski definition) is 4. The van der Waals surface area contributed by atoms with E-state index in [1.54, 1.807) is 0 Å². The Morgan fingerprint density at radius 2 is 1.81 bits per heavy atom. The third-order valence-electron chi connectivity index (χ3n) is 1.78. The second-order valence-corrected chi connectivity index (χ2v) is 3.37. The van der Waals surface area contributed by atoms with Crippen LogP contribution in [-0.4, -0.2) is 34.7 Å². The number of rotatable bonds is 7.